The molecule has 0 fully saturated rings. The molecule has 0 spiro atoms. The Morgan fingerprint density at radius 3 is 2.84 bits per heavy atom. The molecule has 0 aliphatic carbocycles. The highest BCUT2D eigenvalue weighted by Gasteiger charge is 2.19. The average Bonchev–Trinajstić information content (AvgIpc) is 3.42. The summed E-state index contributed by atoms with van der Waals surface area (Å²) in [5, 5.41) is 19.0. The van der Waals surface area contributed by atoms with E-state index >= 15 is 0 Å². The van der Waals surface area contributed by atoms with Crippen LogP contribution in [0.4, 0.5) is 5.69 Å². The zero-order valence-corrected chi connectivity index (χ0v) is 16.9. The topological polar surface area (TPSA) is 112 Å². The Bertz CT molecular complexity index is 1260. The maximum absolute atomic E-state index is 12.7. The Balaban J connectivity index is 1.51. The number of nitro benzene ring substituents is 1. The largest absolute Gasteiger partial charge is 0.490 e. The SMILES string of the molecule is CCOc1cccc2cc(C(C)NC(=O)c3ccn(-c4cccc([N+](=O)[O-])c4)n3)oc12. The molecule has 0 aliphatic heterocycles. The smallest absolute Gasteiger partial charge is 0.272 e. The number of nitro groups is 1. The van der Waals surface area contributed by atoms with E-state index < -0.39 is 11.0 Å². The number of nitrogens with zero attached hydrogens (tertiary/aromatic N) is 3. The van der Waals surface area contributed by atoms with Crippen LogP contribution in [0.3, 0.4) is 0 Å². The first-order valence-corrected chi connectivity index (χ1v) is 9.73. The molecule has 0 saturated heterocycles. The Morgan fingerprint density at radius 1 is 1.26 bits per heavy atom. The number of hydrogen-bond acceptors (Lipinski definition) is 6. The summed E-state index contributed by atoms with van der Waals surface area (Å²) in [5.41, 5.74) is 1.26. The van der Waals surface area contributed by atoms with Gasteiger partial charge in [0.05, 0.1) is 23.3 Å². The number of furan rings is 1. The van der Waals surface area contributed by atoms with Crippen LogP contribution in [0, 0.1) is 10.1 Å². The first kappa shape index (κ1) is 20.1. The highest BCUT2D eigenvalue weighted by Crippen LogP contribution is 2.31. The summed E-state index contributed by atoms with van der Waals surface area (Å²) >= 11 is 0. The maximum atomic E-state index is 12.7. The number of carbonyl (C=O) groups is 1. The monoisotopic (exact) mass is 420 g/mol. The number of para-hydroxylation sites is 1. The van der Waals surface area contributed by atoms with Gasteiger partial charge >= 0.3 is 0 Å². The van der Waals surface area contributed by atoms with E-state index in [0.29, 0.717) is 29.4 Å². The van der Waals surface area contributed by atoms with E-state index in [4.69, 9.17) is 9.15 Å². The third kappa shape index (κ3) is 4.11. The molecule has 0 aliphatic rings. The van der Waals surface area contributed by atoms with Gasteiger partial charge in [0.1, 0.15) is 5.76 Å². The van der Waals surface area contributed by atoms with E-state index in [1.165, 1.54) is 16.8 Å². The summed E-state index contributed by atoms with van der Waals surface area (Å²) in [5.74, 6) is 0.858. The number of non-ortho nitro benzene ring substituents is 1. The number of aromatic nitrogens is 2. The molecule has 4 aromatic rings. The number of rotatable bonds is 7. The molecule has 0 bridgehead atoms. The predicted molar refractivity (Wildman–Crippen MR) is 113 cm³/mol. The van der Waals surface area contributed by atoms with Crippen molar-refractivity contribution in [2.75, 3.05) is 6.61 Å². The van der Waals surface area contributed by atoms with E-state index in [2.05, 4.69) is 10.4 Å². The third-order valence-corrected chi connectivity index (χ3v) is 4.73. The number of ether oxygens (including phenoxy) is 1. The first-order valence-electron chi connectivity index (χ1n) is 9.73. The first-order chi connectivity index (χ1) is 15.0. The molecule has 0 saturated carbocycles. The van der Waals surface area contributed by atoms with Crippen LogP contribution in [0.25, 0.3) is 16.7 Å². The van der Waals surface area contributed by atoms with E-state index in [0.717, 1.165) is 5.39 Å². The second kappa shape index (κ2) is 8.31. The number of fused-ring (bicyclic) bond motifs is 1. The van der Waals surface area contributed by atoms with Crippen LogP contribution in [-0.4, -0.2) is 27.2 Å². The second-order valence-electron chi connectivity index (χ2n) is 6.87. The van der Waals surface area contributed by atoms with Crippen molar-refractivity contribution < 1.29 is 18.9 Å². The van der Waals surface area contributed by atoms with Gasteiger partial charge in [0.2, 0.25) is 0 Å². The molecule has 1 amide bonds. The molecular weight excluding hydrogens is 400 g/mol. The van der Waals surface area contributed by atoms with E-state index in [9.17, 15) is 14.9 Å². The van der Waals surface area contributed by atoms with Crippen molar-refractivity contribution in [3.05, 3.63) is 82.4 Å². The molecule has 2 aromatic carbocycles. The van der Waals surface area contributed by atoms with Gasteiger partial charge in [-0.1, -0.05) is 18.2 Å². The molecule has 1 unspecified atom stereocenters. The zero-order chi connectivity index (χ0) is 22.0. The van der Waals surface area contributed by atoms with Crippen LogP contribution in [0.2, 0.25) is 0 Å². The lowest BCUT2D eigenvalue weighted by molar-refractivity contribution is -0.384. The van der Waals surface area contributed by atoms with Crippen LogP contribution in [0.1, 0.15) is 36.1 Å². The number of carbonyl (C=O) groups excluding carboxylic acids is 1. The second-order valence-corrected chi connectivity index (χ2v) is 6.87. The minimum absolute atomic E-state index is 0.0519. The number of hydrogen-bond donors (Lipinski definition) is 1. The molecule has 31 heavy (non-hydrogen) atoms. The molecule has 9 nitrogen and oxygen atoms in total. The lowest BCUT2D eigenvalue weighted by Crippen LogP contribution is -2.26. The van der Waals surface area contributed by atoms with Gasteiger partial charge < -0.3 is 14.5 Å². The maximum Gasteiger partial charge on any atom is 0.272 e. The van der Waals surface area contributed by atoms with Gasteiger partial charge in [0.15, 0.2) is 17.0 Å². The van der Waals surface area contributed by atoms with Gasteiger partial charge in [-0.05, 0) is 38.1 Å². The summed E-state index contributed by atoms with van der Waals surface area (Å²) in [6.45, 7) is 4.24. The van der Waals surface area contributed by atoms with Crippen molar-refractivity contribution in [2.45, 2.75) is 19.9 Å². The third-order valence-electron chi connectivity index (χ3n) is 4.73. The molecule has 158 valence electrons. The van der Waals surface area contributed by atoms with Crippen LogP contribution in [-0.2, 0) is 0 Å². The summed E-state index contributed by atoms with van der Waals surface area (Å²) in [6.07, 6.45) is 1.58. The minimum Gasteiger partial charge on any atom is -0.490 e. The minimum atomic E-state index is -0.480. The molecule has 0 radical (unpaired) electrons. The van der Waals surface area contributed by atoms with Gasteiger partial charge in [-0.15, -0.1) is 0 Å². The van der Waals surface area contributed by atoms with Crippen molar-refractivity contribution in [2.24, 2.45) is 0 Å². The van der Waals surface area contributed by atoms with E-state index in [1.807, 2.05) is 38.1 Å². The van der Waals surface area contributed by atoms with E-state index in [-0.39, 0.29) is 17.3 Å². The number of nitrogens with one attached hydrogen (secondary N) is 1. The zero-order valence-electron chi connectivity index (χ0n) is 16.9. The lowest BCUT2D eigenvalue weighted by Gasteiger charge is -2.10. The normalized spacial score (nSPS) is 11.9. The van der Waals surface area contributed by atoms with Gasteiger partial charge in [-0.2, -0.15) is 5.10 Å². The van der Waals surface area contributed by atoms with Crippen molar-refractivity contribution >= 4 is 22.6 Å². The van der Waals surface area contributed by atoms with E-state index in [1.54, 1.807) is 24.4 Å². The fourth-order valence-electron chi connectivity index (χ4n) is 3.22. The lowest BCUT2D eigenvalue weighted by atomic mass is 10.2. The van der Waals surface area contributed by atoms with Crippen LogP contribution < -0.4 is 10.1 Å². The molecule has 2 aromatic heterocycles. The quantitative estimate of drug-likeness (QED) is 0.350. The Labute approximate surface area is 177 Å². The summed E-state index contributed by atoms with van der Waals surface area (Å²) in [6, 6.07) is 14.7. The number of amides is 1. The fourth-order valence-corrected chi connectivity index (χ4v) is 3.22. The van der Waals surface area contributed by atoms with Crippen LogP contribution >= 0.6 is 0 Å². The van der Waals surface area contributed by atoms with Gasteiger partial charge in [0, 0.05) is 23.7 Å². The summed E-state index contributed by atoms with van der Waals surface area (Å²) in [4.78, 5) is 23.2. The molecular formula is C22H20N4O5. The van der Waals surface area contributed by atoms with Gasteiger partial charge in [-0.25, -0.2) is 4.68 Å². The molecule has 4 rings (SSSR count). The van der Waals surface area contributed by atoms with Crippen LogP contribution in [0.5, 0.6) is 5.75 Å². The Hall–Kier alpha value is -4.14. The van der Waals surface area contributed by atoms with Crippen molar-refractivity contribution in [1.82, 2.24) is 15.1 Å². The van der Waals surface area contributed by atoms with Gasteiger partial charge in [-0.3, -0.25) is 14.9 Å². The molecule has 9 heteroatoms. The van der Waals surface area contributed by atoms with Gasteiger partial charge in [0.25, 0.3) is 11.6 Å². The summed E-state index contributed by atoms with van der Waals surface area (Å²) in [7, 11) is 0. The standard InChI is InChI=1S/C22H20N4O5/c1-3-30-19-9-4-6-15-12-20(31-21(15)19)14(2)23-22(27)18-10-11-25(24-18)16-7-5-8-17(13-16)26(28)29/h4-14H,3H2,1-2H3,(H,23,27). The highest BCUT2D eigenvalue weighted by molar-refractivity contribution is 5.92. The highest BCUT2D eigenvalue weighted by atomic mass is 16.6. The van der Waals surface area contributed by atoms with Crippen molar-refractivity contribution in [1.29, 1.82) is 0 Å². The van der Waals surface area contributed by atoms with Crippen molar-refractivity contribution in [3.8, 4) is 11.4 Å². The molecule has 1 N–H and O–H groups in total. The van der Waals surface area contributed by atoms with Crippen molar-refractivity contribution in [3.63, 3.8) is 0 Å². The fraction of sp³-hybridized carbons (Fsp3) is 0.182. The predicted octanol–water partition coefficient (Wildman–Crippen LogP) is 4.42. The Morgan fingerprint density at radius 2 is 2.06 bits per heavy atom. The number of benzene rings is 2. The Kier molecular flexibility index (Phi) is 5.40. The van der Waals surface area contributed by atoms with Crippen LogP contribution in [0.15, 0.2) is 65.2 Å². The molecule has 2 heterocycles. The average molecular weight is 420 g/mol. The molecule has 1 atom stereocenters. The summed E-state index contributed by atoms with van der Waals surface area (Å²) < 4.78 is 12.9.